The molecule has 2 heterocycles. The average molecular weight is 322 g/mol. The maximum atomic E-state index is 12.8. The SMILES string of the molecule is Nc1nc(Cc2nc(CSc3ccc(F)cc3)no2)cs1. The van der Waals surface area contributed by atoms with Crippen LogP contribution in [0.1, 0.15) is 17.4 Å². The van der Waals surface area contributed by atoms with Gasteiger partial charge in [0.25, 0.3) is 0 Å². The highest BCUT2D eigenvalue weighted by Gasteiger charge is 2.09. The first-order valence-electron chi connectivity index (χ1n) is 6.09. The molecule has 0 unspecified atom stereocenters. The van der Waals surface area contributed by atoms with E-state index in [2.05, 4.69) is 15.1 Å². The Morgan fingerprint density at radius 3 is 2.76 bits per heavy atom. The number of anilines is 1. The molecule has 2 aromatic heterocycles. The van der Waals surface area contributed by atoms with E-state index in [-0.39, 0.29) is 5.82 Å². The van der Waals surface area contributed by atoms with Crippen molar-refractivity contribution >= 4 is 28.2 Å². The average Bonchev–Trinajstić information content (AvgIpc) is 3.08. The number of nitrogens with zero attached hydrogens (tertiary/aromatic N) is 3. The van der Waals surface area contributed by atoms with Crippen LogP contribution in [0, 0.1) is 5.82 Å². The summed E-state index contributed by atoms with van der Waals surface area (Å²) in [6.07, 6.45) is 0.474. The monoisotopic (exact) mass is 322 g/mol. The van der Waals surface area contributed by atoms with Crippen LogP contribution in [0.4, 0.5) is 9.52 Å². The van der Waals surface area contributed by atoms with Gasteiger partial charge in [0.15, 0.2) is 11.0 Å². The summed E-state index contributed by atoms with van der Waals surface area (Å²) in [5.41, 5.74) is 6.39. The largest absolute Gasteiger partial charge is 0.375 e. The minimum absolute atomic E-state index is 0.247. The second kappa shape index (κ2) is 6.23. The van der Waals surface area contributed by atoms with Crippen LogP contribution in [0.3, 0.4) is 0 Å². The molecule has 0 saturated heterocycles. The van der Waals surface area contributed by atoms with Gasteiger partial charge in [-0.2, -0.15) is 4.98 Å². The summed E-state index contributed by atoms with van der Waals surface area (Å²) in [5, 5.41) is 6.31. The first kappa shape index (κ1) is 14.0. The van der Waals surface area contributed by atoms with Gasteiger partial charge in [0.2, 0.25) is 5.89 Å². The molecular formula is C13H11FN4OS2. The molecule has 0 amide bonds. The van der Waals surface area contributed by atoms with Gasteiger partial charge in [-0.25, -0.2) is 9.37 Å². The lowest BCUT2D eigenvalue weighted by atomic mass is 10.3. The lowest BCUT2D eigenvalue weighted by molar-refractivity contribution is 0.380. The third-order valence-corrected chi connectivity index (χ3v) is 4.32. The van der Waals surface area contributed by atoms with Crippen LogP contribution in [-0.2, 0) is 12.2 Å². The molecule has 5 nitrogen and oxygen atoms in total. The van der Waals surface area contributed by atoms with Crippen molar-refractivity contribution in [1.29, 1.82) is 0 Å². The minimum Gasteiger partial charge on any atom is -0.375 e. The first-order valence-corrected chi connectivity index (χ1v) is 7.95. The topological polar surface area (TPSA) is 77.8 Å². The van der Waals surface area contributed by atoms with Crippen LogP contribution in [0.5, 0.6) is 0 Å². The summed E-state index contributed by atoms with van der Waals surface area (Å²) in [4.78, 5) is 9.40. The summed E-state index contributed by atoms with van der Waals surface area (Å²) >= 11 is 2.90. The summed E-state index contributed by atoms with van der Waals surface area (Å²) in [6, 6.07) is 6.30. The number of nitrogens with two attached hydrogens (primary N) is 1. The molecule has 0 aliphatic carbocycles. The third-order valence-electron chi connectivity index (χ3n) is 2.59. The van der Waals surface area contributed by atoms with Crippen LogP contribution in [0.25, 0.3) is 0 Å². The molecule has 3 rings (SSSR count). The number of aromatic nitrogens is 3. The Balaban J connectivity index is 1.58. The summed E-state index contributed by atoms with van der Waals surface area (Å²) in [5.74, 6) is 1.43. The second-order valence-electron chi connectivity index (χ2n) is 4.20. The van der Waals surface area contributed by atoms with Crippen molar-refractivity contribution in [2.24, 2.45) is 0 Å². The standard InChI is InChI=1S/C13H11FN4OS2/c14-8-1-3-10(4-2-8)20-7-11-17-12(19-18-11)5-9-6-21-13(15)16-9/h1-4,6H,5,7H2,(H2,15,16). The van der Waals surface area contributed by atoms with E-state index >= 15 is 0 Å². The van der Waals surface area contributed by atoms with Gasteiger partial charge in [0.05, 0.1) is 17.9 Å². The van der Waals surface area contributed by atoms with Crippen LogP contribution in [-0.4, -0.2) is 15.1 Å². The highest BCUT2D eigenvalue weighted by atomic mass is 32.2. The van der Waals surface area contributed by atoms with Crippen molar-refractivity contribution in [2.45, 2.75) is 17.1 Å². The Morgan fingerprint density at radius 2 is 2.05 bits per heavy atom. The molecule has 2 N–H and O–H groups in total. The van der Waals surface area contributed by atoms with E-state index in [0.29, 0.717) is 29.0 Å². The molecule has 108 valence electrons. The zero-order chi connectivity index (χ0) is 14.7. The Hall–Kier alpha value is -1.93. The van der Waals surface area contributed by atoms with Crippen LogP contribution >= 0.6 is 23.1 Å². The van der Waals surface area contributed by atoms with Crippen molar-refractivity contribution in [3.8, 4) is 0 Å². The van der Waals surface area contributed by atoms with Crippen molar-refractivity contribution in [2.75, 3.05) is 5.73 Å². The number of hydrogen-bond donors (Lipinski definition) is 1. The van der Waals surface area contributed by atoms with Gasteiger partial charge < -0.3 is 10.3 Å². The fraction of sp³-hybridized carbons (Fsp3) is 0.154. The van der Waals surface area contributed by atoms with Gasteiger partial charge in [-0.05, 0) is 24.3 Å². The summed E-state index contributed by atoms with van der Waals surface area (Å²) < 4.78 is 18.0. The number of rotatable bonds is 5. The fourth-order valence-corrected chi connectivity index (χ4v) is 2.96. The molecule has 0 fully saturated rings. The van der Waals surface area contributed by atoms with Gasteiger partial charge >= 0.3 is 0 Å². The molecule has 0 aliphatic heterocycles. The van der Waals surface area contributed by atoms with Crippen molar-refractivity contribution < 1.29 is 8.91 Å². The highest BCUT2D eigenvalue weighted by molar-refractivity contribution is 7.98. The lowest BCUT2D eigenvalue weighted by Gasteiger charge is -1.97. The zero-order valence-corrected chi connectivity index (χ0v) is 12.5. The highest BCUT2D eigenvalue weighted by Crippen LogP contribution is 2.22. The quantitative estimate of drug-likeness (QED) is 0.727. The van der Waals surface area contributed by atoms with Gasteiger partial charge in [0, 0.05) is 10.3 Å². The summed E-state index contributed by atoms with van der Waals surface area (Å²) in [7, 11) is 0. The Labute approximate surface area is 128 Å². The number of thiazole rings is 1. The molecule has 3 aromatic rings. The predicted molar refractivity (Wildman–Crippen MR) is 79.6 cm³/mol. The lowest BCUT2D eigenvalue weighted by Crippen LogP contribution is -1.91. The maximum absolute atomic E-state index is 12.8. The Morgan fingerprint density at radius 1 is 1.24 bits per heavy atom. The molecule has 0 aliphatic rings. The normalized spacial score (nSPS) is 10.9. The van der Waals surface area contributed by atoms with Gasteiger partial charge in [-0.3, -0.25) is 0 Å². The van der Waals surface area contributed by atoms with Gasteiger partial charge in [-0.15, -0.1) is 23.1 Å². The van der Waals surface area contributed by atoms with Crippen molar-refractivity contribution in [1.82, 2.24) is 15.1 Å². The fourth-order valence-electron chi connectivity index (χ4n) is 1.66. The smallest absolute Gasteiger partial charge is 0.232 e. The van der Waals surface area contributed by atoms with Crippen molar-refractivity contribution in [3.63, 3.8) is 0 Å². The number of hydrogen-bond acceptors (Lipinski definition) is 7. The number of nitrogen functional groups attached to an aromatic ring is 1. The molecular weight excluding hydrogens is 311 g/mol. The van der Waals surface area contributed by atoms with E-state index in [1.165, 1.54) is 35.2 Å². The minimum atomic E-state index is -0.247. The van der Waals surface area contributed by atoms with Gasteiger partial charge in [-0.1, -0.05) is 5.16 Å². The van der Waals surface area contributed by atoms with Crippen LogP contribution < -0.4 is 5.73 Å². The van der Waals surface area contributed by atoms with Gasteiger partial charge in [0.1, 0.15) is 5.82 Å². The van der Waals surface area contributed by atoms with E-state index in [0.717, 1.165) is 10.6 Å². The number of halogens is 1. The molecule has 0 atom stereocenters. The number of benzene rings is 1. The van der Waals surface area contributed by atoms with Crippen LogP contribution in [0.2, 0.25) is 0 Å². The molecule has 0 saturated carbocycles. The predicted octanol–water partition coefficient (Wildman–Crippen LogP) is 3.13. The molecule has 0 radical (unpaired) electrons. The number of thioether (sulfide) groups is 1. The second-order valence-corrected chi connectivity index (χ2v) is 6.14. The molecule has 0 bridgehead atoms. The van der Waals surface area contributed by atoms with Crippen LogP contribution in [0.15, 0.2) is 39.1 Å². The van der Waals surface area contributed by atoms with E-state index in [4.69, 9.17) is 10.3 Å². The molecule has 8 heteroatoms. The molecule has 21 heavy (non-hydrogen) atoms. The van der Waals surface area contributed by atoms with E-state index in [1.807, 2.05) is 5.38 Å². The first-order chi connectivity index (χ1) is 10.2. The van der Waals surface area contributed by atoms with E-state index in [9.17, 15) is 4.39 Å². The Kier molecular flexibility index (Phi) is 4.16. The summed E-state index contributed by atoms with van der Waals surface area (Å²) in [6.45, 7) is 0. The molecule has 0 spiro atoms. The maximum Gasteiger partial charge on any atom is 0.232 e. The Bertz CT molecular complexity index is 726. The van der Waals surface area contributed by atoms with Crippen molar-refractivity contribution in [3.05, 3.63) is 52.9 Å². The zero-order valence-electron chi connectivity index (χ0n) is 10.8. The third kappa shape index (κ3) is 3.79. The van der Waals surface area contributed by atoms with E-state index < -0.39 is 0 Å². The van der Waals surface area contributed by atoms with E-state index in [1.54, 1.807) is 12.1 Å². The molecule has 1 aromatic carbocycles.